The van der Waals surface area contributed by atoms with Crippen LogP contribution in [0.2, 0.25) is 0 Å². The number of phenols is 1. The van der Waals surface area contributed by atoms with Crippen LogP contribution in [0.15, 0.2) is 53.0 Å². The topological polar surface area (TPSA) is 78.1 Å². The number of carbonyl (C=O) groups is 1. The Labute approximate surface area is 186 Å². The van der Waals surface area contributed by atoms with Crippen LogP contribution in [-0.2, 0) is 0 Å². The number of carbonyl (C=O) groups excluding carboxylic acids is 1. The van der Waals surface area contributed by atoms with Crippen LogP contribution < -0.4 is 14.2 Å². The number of fused-ring (bicyclic) bond motifs is 2. The molecule has 0 saturated carbocycles. The monoisotopic (exact) mass is 434 g/mol. The third-order valence-electron chi connectivity index (χ3n) is 5.77. The molecule has 2 aromatic carbocycles. The molecular weight excluding hydrogens is 408 g/mol. The van der Waals surface area contributed by atoms with Gasteiger partial charge >= 0.3 is 0 Å². The first kappa shape index (κ1) is 21.6. The number of Topliss-reactive ketones (excluding diaryl/α,β-unsaturated/α-hetero) is 1. The minimum atomic E-state index is -0.314. The van der Waals surface area contributed by atoms with E-state index >= 15 is 0 Å². The smallest absolute Gasteiger partial charge is 0.164 e. The van der Waals surface area contributed by atoms with Gasteiger partial charge in [-0.25, -0.2) is 0 Å². The highest BCUT2D eigenvalue weighted by Crippen LogP contribution is 2.45. The number of methoxy groups -OCH3 is 2. The lowest BCUT2D eigenvalue weighted by Gasteiger charge is -2.17. The van der Waals surface area contributed by atoms with E-state index in [0.29, 0.717) is 28.6 Å². The van der Waals surface area contributed by atoms with E-state index in [1.807, 2.05) is 26.0 Å². The minimum Gasteiger partial charge on any atom is -0.507 e. The SMILES string of the molecule is C=C(C)C1Oc2cc(O)c(C(C)=O)cc2C1C=C(C)c1cc2cc(OC)c(OC)cc2o1. The van der Waals surface area contributed by atoms with Crippen LogP contribution in [0.4, 0.5) is 0 Å². The molecule has 32 heavy (non-hydrogen) atoms. The number of allylic oxidation sites excluding steroid dienone is 1. The Morgan fingerprint density at radius 1 is 1.06 bits per heavy atom. The van der Waals surface area contributed by atoms with Crippen molar-refractivity contribution in [1.82, 2.24) is 0 Å². The normalized spacial score (nSPS) is 17.7. The third kappa shape index (κ3) is 3.62. The summed E-state index contributed by atoms with van der Waals surface area (Å²) in [6, 6.07) is 8.84. The van der Waals surface area contributed by atoms with Gasteiger partial charge in [-0.05, 0) is 50.1 Å². The summed E-state index contributed by atoms with van der Waals surface area (Å²) >= 11 is 0. The Bertz CT molecular complexity index is 1220. The van der Waals surface area contributed by atoms with E-state index in [2.05, 4.69) is 12.7 Å². The predicted octanol–water partition coefficient (Wildman–Crippen LogP) is 5.88. The summed E-state index contributed by atoms with van der Waals surface area (Å²) in [4.78, 5) is 12.0. The van der Waals surface area contributed by atoms with E-state index in [9.17, 15) is 9.90 Å². The first-order chi connectivity index (χ1) is 15.2. The van der Waals surface area contributed by atoms with Crippen molar-refractivity contribution in [1.29, 1.82) is 0 Å². The summed E-state index contributed by atoms with van der Waals surface area (Å²) in [6.07, 6.45) is 1.74. The van der Waals surface area contributed by atoms with Crippen molar-refractivity contribution < 1.29 is 28.5 Å². The molecule has 2 heterocycles. The van der Waals surface area contributed by atoms with Gasteiger partial charge in [0.1, 0.15) is 28.9 Å². The van der Waals surface area contributed by atoms with Crippen molar-refractivity contribution in [3.05, 3.63) is 65.4 Å². The zero-order chi connectivity index (χ0) is 23.2. The molecule has 2 unspecified atom stereocenters. The second-order valence-corrected chi connectivity index (χ2v) is 8.08. The quantitative estimate of drug-likeness (QED) is 0.385. The van der Waals surface area contributed by atoms with Crippen molar-refractivity contribution >= 4 is 22.3 Å². The van der Waals surface area contributed by atoms with E-state index in [4.69, 9.17) is 18.6 Å². The molecule has 1 aliphatic rings. The van der Waals surface area contributed by atoms with Crippen molar-refractivity contribution in [2.24, 2.45) is 0 Å². The Hall–Kier alpha value is -3.67. The van der Waals surface area contributed by atoms with E-state index in [1.54, 1.807) is 26.4 Å². The summed E-state index contributed by atoms with van der Waals surface area (Å²) in [5.74, 6) is 2.01. The maximum Gasteiger partial charge on any atom is 0.164 e. The van der Waals surface area contributed by atoms with Gasteiger partial charge in [-0.15, -0.1) is 0 Å². The molecule has 166 valence electrons. The van der Waals surface area contributed by atoms with Crippen LogP contribution in [-0.4, -0.2) is 31.2 Å². The molecule has 0 spiro atoms. The number of rotatable bonds is 6. The van der Waals surface area contributed by atoms with Crippen LogP contribution in [0.3, 0.4) is 0 Å². The van der Waals surface area contributed by atoms with E-state index < -0.39 is 0 Å². The Morgan fingerprint density at radius 3 is 2.38 bits per heavy atom. The van der Waals surface area contributed by atoms with Crippen molar-refractivity contribution in [2.45, 2.75) is 32.8 Å². The standard InChI is InChI=1S/C26H26O6/c1-13(2)26-19(18-10-17(15(4)27)20(28)11-23(18)32-26)7-14(3)21-8-16-9-24(29-5)25(30-6)12-22(16)31-21/h7-12,19,26,28H,1H2,2-6H3. The summed E-state index contributed by atoms with van der Waals surface area (Å²) in [7, 11) is 3.18. The second kappa shape index (κ2) is 8.11. The predicted molar refractivity (Wildman–Crippen MR) is 123 cm³/mol. The van der Waals surface area contributed by atoms with E-state index in [-0.39, 0.29) is 29.1 Å². The van der Waals surface area contributed by atoms with Gasteiger partial charge < -0.3 is 23.7 Å². The van der Waals surface area contributed by atoms with E-state index in [0.717, 1.165) is 22.1 Å². The summed E-state index contributed by atoms with van der Waals surface area (Å²) in [5.41, 5.74) is 3.55. The number of aromatic hydroxyl groups is 1. The number of hydrogen-bond acceptors (Lipinski definition) is 6. The number of benzene rings is 2. The van der Waals surface area contributed by atoms with Gasteiger partial charge in [-0.1, -0.05) is 12.7 Å². The highest BCUT2D eigenvalue weighted by Gasteiger charge is 2.35. The van der Waals surface area contributed by atoms with Crippen molar-refractivity contribution in [3.8, 4) is 23.0 Å². The summed E-state index contributed by atoms with van der Waals surface area (Å²) < 4.78 is 22.9. The molecule has 1 aromatic heterocycles. The van der Waals surface area contributed by atoms with Crippen LogP contribution in [0, 0.1) is 0 Å². The molecule has 3 aromatic rings. The number of hydrogen-bond donors (Lipinski definition) is 1. The molecule has 6 heteroatoms. The number of ketones is 1. The second-order valence-electron chi connectivity index (χ2n) is 8.08. The molecule has 2 atom stereocenters. The average Bonchev–Trinajstić information content (AvgIpc) is 3.32. The highest BCUT2D eigenvalue weighted by molar-refractivity contribution is 5.97. The fraction of sp³-hybridized carbons (Fsp3) is 0.269. The summed E-state index contributed by atoms with van der Waals surface area (Å²) in [5, 5.41) is 11.1. The Morgan fingerprint density at radius 2 is 1.75 bits per heavy atom. The fourth-order valence-corrected chi connectivity index (χ4v) is 4.10. The lowest BCUT2D eigenvalue weighted by Crippen LogP contribution is -2.18. The highest BCUT2D eigenvalue weighted by atomic mass is 16.5. The van der Waals surface area contributed by atoms with Gasteiger partial charge in [0, 0.05) is 29.0 Å². The van der Waals surface area contributed by atoms with Gasteiger partial charge in [0.25, 0.3) is 0 Å². The molecule has 1 N–H and O–H groups in total. The molecule has 0 fully saturated rings. The zero-order valence-electron chi connectivity index (χ0n) is 18.8. The number of furan rings is 1. The maximum absolute atomic E-state index is 12.0. The number of phenolic OH excluding ortho intramolecular Hbond substituents is 1. The van der Waals surface area contributed by atoms with Crippen LogP contribution in [0.5, 0.6) is 23.0 Å². The Balaban J connectivity index is 1.79. The van der Waals surface area contributed by atoms with Gasteiger partial charge in [0.2, 0.25) is 0 Å². The maximum atomic E-state index is 12.0. The largest absolute Gasteiger partial charge is 0.507 e. The first-order valence-electron chi connectivity index (χ1n) is 10.3. The molecule has 0 radical (unpaired) electrons. The molecule has 0 aliphatic carbocycles. The van der Waals surface area contributed by atoms with Gasteiger partial charge in [-0.2, -0.15) is 0 Å². The zero-order valence-corrected chi connectivity index (χ0v) is 18.8. The lowest BCUT2D eigenvalue weighted by atomic mass is 9.88. The minimum absolute atomic E-state index is 0.0850. The van der Waals surface area contributed by atoms with Gasteiger partial charge in [0.05, 0.1) is 19.8 Å². The molecule has 6 nitrogen and oxygen atoms in total. The van der Waals surface area contributed by atoms with Crippen LogP contribution in [0.1, 0.15) is 48.4 Å². The molecule has 0 saturated heterocycles. The van der Waals surface area contributed by atoms with Gasteiger partial charge in [-0.3, -0.25) is 4.79 Å². The number of ether oxygens (including phenoxy) is 3. The van der Waals surface area contributed by atoms with Gasteiger partial charge in [0.15, 0.2) is 17.3 Å². The fourth-order valence-electron chi connectivity index (χ4n) is 4.10. The summed E-state index contributed by atoms with van der Waals surface area (Å²) in [6.45, 7) is 9.36. The Kier molecular flexibility index (Phi) is 5.46. The van der Waals surface area contributed by atoms with Crippen LogP contribution in [0.25, 0.3) is 16.5 Å². The third-order valence-corrected chi connectivity index (χ3v) is 5.77. The van der Waals surface area contributed by atoms with Crippen LogP contribution >= 0.6 is 0 Å². The first-order valence-corrected chi connectivity index (χ1v) is 10.3. The van der Waals surface area contributed by atoms with Crippen molar-refractivity contribution in [2.75, 3.05) is 14.2 Å². The van der Waals surface area contributed by atoms with E-state index in [1.165, 1.54) is 13.0 Å². The molecule has 4 rings (SSSR count). The van der Waals surface area contributed by atoms with Crippen molar-refractivity contribution in [3.63, 3.8) is 0 Å². The molecular formula is C26H26O6. The molecule has 1 aliphatic heterocycles. The molecule has 0 bridgehead atoms. The average molecular weight is 434 g/mol. The molecule has 0 amide bonds. The lowest BCUT2D eigenvalue weighted by molar-refractivity contribution is 0.101.